The number of imidazole rings is 1. The van der Waals surface area contributed by atoms with Gasteiger partial charge in [-0.2, -0.15) is 0 Å². The second-order valence-corrected chi connectivity index (χ2v) is 6.24. The van der Waals surface area contributed by atoms with Gasteiger partial charge in [0.2, 0.25) is 0 Å². The van der Waals surface area contributed by atoms with E-state index in [1.54, 1.807) is 0 Å². The maximum Gasteiger partial charge on any atom is 0.110 e. The van der Waals surface area contributed by atoms with Crippen LogP contribution in [-0.2, 0) is 12.0 Å². The summed E-state index contributed by atoms with van der Waals surface area (Å²) in [5.74, 6) is 1.67. The van der Waals surface area contributed by atoms with Gasteiger partial charge in [0.15, 0.2) is 0 Å². The predicted molar refractivity (Wildman–Crippen MR) is 81.3 cm³/mol. The summed E-state index contributed by atoms with van der Waals surface area (Å²) >= 11 is 0. The highest BCUT2D eigenvalue weighted by atomic mass is 15.1. The third-order valence-electron chi connectivity index (χ3n) is 3.68. The zero-order valence-electron chi connectivity index (χ0n) is 12.5. The molecule has 1 aromatic heterocycles. The number of para-hydroxylation sites is 2. The number of aromatic nitrogens is 2. The third-order valence-corrected chi connectivity index (χ3v) is 3.68. The molecule has 1 heterocycles. The second-order valence-electron chi connectivity index (χ2n) is 6.24. The molecule has 104 valence electrons. The third kappa shape index (κ3) is 2.81. The average Bonchev–Trinajstić information content (AvgIpc) is 2.73. The molecule has 0 spiro atoms. The molecule has 0 aliphatic rings. The lowest BCUT2D eigenvalue weighted by Gasteiger charge is -2.26. The first kappa shape index (κ1) is 14.1. The molecule has 0 radical (unpaired) electrons. The van der Waals surface area contributed by atoms with Crippen molar-refractivity contribution in [2.45, 2.75) is 46.1 Å². The zero-order valence-corrected chi connectivity index (χ0v) is 12.5. The largest absolute Gasteiger partial charge is 0.330 e. The first-order valence-electron chi connectivity index (χ1n) is 7.14. The Morgan fingerprint density at radius 2 is 1.95 bits per heavy atom. The second kappa shape index (κ2) is 5.33. The lowest BCUT2D eigenvalue weighted by Crippen LogP contribution is -2.26. The summed E-state index contributed by atoms with van der Waals surface area (Å²) in [5.41, 5.74) is 8.19. The summed E-state index contributed by atoms with van der Waals surface area (Å²) in [5, 5.41) is 0. The number of nitrogens with two attached hydrogens (primary N) is 1. The van der Waals surface area contributed by atoms with Gasteiger partial charge < -0.3 is 10.3 Å². The normalized spacial score (nSPS) is 13.9. The van der Waals surface area contributed by atoms with Crippen molar-refractivity contribution in [3.05, 3.63) is 30.1 Å². The zero-order chi connectivity index (χ0) is 14.0. The first-order valence-corrected chi connectivity index (χ1v) is 7.14. The summed E-state index contributed by atoms with van der Waals surface area (Å²) in [6.45, 7) is 9.61. The van der Waals surface area contributed by atoms with E-state index in [9.17, 15) is 0 Å². The Morgan fingerprint density at radius 3 is 2.53 bits per heavy atom. The maximum absolute atomic E-state index is 5.85. The minimum Gasteiger partial charge on any atom is -0.330 e. The van der Waals surface area contributed by atoms with Crippen LogP contribution in [0.1, 0.15) is 39.9 Å². The lowest BCUT2D eigenvalue weighted by molar-refractivity contribution is 0.379. The number of fused-ring (bicyclic) bond motifs is 1. The van der Waals surface area contributed by atoms with Crippen molar-refractivity contribution >= 4 is 11.0 Å². The van der Waals surface area contributed by atoms with Crippen LogP contribution in [0.3, 0.4) is 0 Å². The van der Waals surface area contributed by atoms with Gasteiger partial charge in [0.25, 0.3) is 0 Å². The summed E-state index contributed by atoms with van der Waals surface area (Å²) in [6, 6.07) is 8.37. The molecule has 0 saturated carbocycles. The Balaban J connectivity index is 2.53. The monoisotopic (exact) mass is 259 g/mol. The fraction of sp³-hybridized carbons (Fsp3) is 0.562. The van der Waals surface area contributed by atoms with Gasteiger partial charge in [0.05, 0.1) is 11.0 Å². The van der Waals surface area contributed by atoms with Crippen LogP contribution in [0.25, 0.3) is 11.0 Å². The quantitative estimate of drug-likeness (QED) is 0.915. The molecule has 1 atom stereocenters. The summed E-state index contributed by atoms with van der Waals surface area (Å²) in [7, 11) is 0. The van der Waals surface area contributed by atoms with Crippen LogP contribution in [0.2, 0.25) is 0 Å². The van der Waals surface area contributed by atoms with Crippen LogP contribution in [-0.4, -0.2) is 16.1 Å². The van der Waals surface area contributed by atoms with Crippen molar-refractivity contribution < 1.29 is 0 Å². The van der Waals surface area contributed by atoms with Crippen LogP contribution >= 0.6 is 0 Å². The molecule has 2 rings (SSSR count). The topological polar surface area (TPSA) is 43.8 Å². The van der Waals surface area contributed by atoms with Crippen molar-refractivity contribution in [3.8, 4) is 0 Å². The van der Waals surface area contributed by atoms with E-state index in [0.717, 1.165) is 30.7 Å². The van der Waals surface area contributed by atoms with Crippen molar-refractivity contribution in [1.82, 2.24) is 9.55 Å². The van der Waals surface area contributed by atoms with Gasteiger partial charge in [-0.15, -0.1) is 0 Å². The number of hydrogen-bond donors (Lipinski definition) is 1. The molecule has 1 unspecified atom stereocenters. The van der Waals surface area contributed by atoms with Gasteiger partial charge in [-0.25, -0.2) is 4.98 Å². The number of rotatable bonds is 4. The molecule has 3 heteroatoms. The fourth-order valence-corrected chi connectivity index (χ4v) is 2.61. The summed E-state index contributed by atoms with van der Waals surface area (Å²) in [4.78, 5) is 4.82. The molecule has 0 aliphatic heterocycles. The van der Waals surface area contributed by atoms with E-state index in [1.807, 2.05) is 6.07 Å². The molecule has 0 amide bonds. The van der Waals surface area contributed by atoms with Crippen LogP contribution in [0.15, 0.2) is 24.3 Å². The molecule has 0 saturated heterocycles. The highest BCUT2D eigenvalue weighted by molar-refractivity contribution is 5.76. The van der Waals surface area contributed by atoms with Crippen LogP contribution < -0.4 is 5.73 Å². The summed E-state index contributed by atoms with van der Waals surface area (Å²) < 4.78 is 2.36. The molecule has 0 bridgehead atoms. The summed E-state index contributed by atoms with van der Waals surface area (Å²) in [6.07, 6.45) is 2.06. The molecule has 3 nitrogen and oxygen atoms in total. The van der Waals surface area contributed by atoms with Crippen LogP contribution in [0.5, 0.6) is 0 Å². The van der Waals surface area contributed by atoms with Gasteiger partial charge in [0, 0.05) is 12.0 Å². The molecule has 19 heavy (non-hydrogen) atoms. The van der Waals surface area contributed by atoms with E-state index in [2.05, 4.69) is 50.5 Å². The van der Waals surface area contributed by atoms with E-state index in [0.29, 0.717) is 5.92 Å². The maximum atomic E-state index is 5.85. The molecule has 2 N–H and O–H groups in total. The first-order chi connectivity index (χ1) is 8.97. The minimum atomic E-state index is 0.0400. The molecule has 0 aliphatic carbocycles. The van der Waals surface area contributed by atoms with Gasteiger partial charge >= 0.3 is 0 Å². The Kier molecular flexibility index (Phi) is 3.95. The van der Waals surface area contributed by atoms with Gasteiger partial charge in [0.1, 0.15) is 5.82 Å². The van der Waals surface area contributed by atoms with Gasteiger partial charge in [-0.3, -0.25) is 0 Å². The Bertz CT molecular complexity index is 545. The van der Waals surface area contributed by atoms with Gasteiger partial charge in [-0.05, 0) is 45.4 Å². The van der Waals surface area contributed by atoms with Crippen molar-refractivity contribution in [2.24, 2.45) is 11.7 Å². The molecule has 2 aromatic rings. The van der Waals surface area contributed by atoms with Crippen molar-refractivity contribution in [3.63, 3.8) is 0 Å². The Hall–Kier alpha value is -1.35. The number of benzene rings is 1. The smallest absolute Gasteiger partial charge is 0.110 e. The van der Waals surface area contributed by atoms with E-state index < -0.39 is 0 Å². The molecular weight excluding hydrogens is 234 g/mol. The van der Waals surface area contributed by atoms with E-state index in [4.69, 9.17) is 10.7 Å². The highest BCUT2D eigenvalue weighted by Gasteiger charge is 2.22. The minimum absolute atomic E-state index is 0.0400. The highest BCUT2D eigenvalue weighted by Crippen LogP contribution is 2.26. The fourth-order valence-electron chi connectivity index (χ4n) is 2.61. The average molecular weight is 259 g/mol. The van der Waals surface area contributed by atoms with E-state index in [1.165, 1.54) is 5.52 Å². The Morgan fingerprint density at radius 1 is 1.26 bits per heavy atom. The van der Waals surface area contributed by atoms with Gasteiger partial charge in [-0.1, -0.05) is 25.5 Å². The van der Waals surface area contributed by atoms with Crippen molar-refractivity contribution in [2.75, 3.05) is 6.54 Å². The van der Waals surface area contributed by atoms with Crippen LogP contribution in [0, 0.1) is 5.92 Å². The Labute approximate surface area is 115 Å². The number of nitrogens with zero attached hydrogens (tertiary/aromatic N) is 2. The SMILES string of the molecule is CCC(CN)Cc1nc2ccccc2n1C(C)(C)C. The van der Waals surface area contributed by atoms with E-state index in [-0.39, 0.29) is 5.54 Å². The van der Waals surface area contributed by atoms with Crippen molar-refractivity contribution in [1.29, 1.82) is 0 Å². The predicted octanol–water partition coefficient (Wildman–Crippen LogP) is 3.32. The number of hydrogen-bond acceptors (Lipinski definition) is 2. The van der Waals surface area contributed by atoms with E-state index >= 15 is 0 Å². The van der Waals surface area contributed by atoms with Crippen LogP contribution in [0.4, 0.5) is 0 Å². The molecule has 1 aromatic carbocycles. The standard InChI is InChI=1S/C16H25N3/c1-5-12(11-17)10-15-18-13-8-6-7-9-14(13)19(15)16(2,3)4/h6-9,12H,5,10-11,17H2,1-4H3. The lowest BCUT2D eigenvalue weighted by atomic mass is 10.0. The molecule has 0 fully saturated rings. The molecular formula is C16H25N3.